The molecule has 0 aromatic carbocycles. The van der Waals surface area contributed by atoms with E-state index >= 15 is 0 Å². The summed E-state index contributed by atoms with van der Waals surface area (Å²) in [5, 5.41) is 3.06. The van der Waals surface area contributed by atoms with E-state index in [-0.39, 0.29) is 0 Å². The minimum Gasteiger partial charge on any atom is -0.474 e. The first-order valence-electron chi connectivity index (χ1n) is 6.54. The summed E-state index contributed by atoms with van der Waals surface area (Å²) < 4.78 is 5.91. The van der Waals surface area contributed by atoms with E-state index in [1.54, 1.807) is 0 Å². The molecule has 1 aliphatic carbocycles. The Labute approximate surface area is 103 Å². The molecule has 0 spiro atoms. The van der Waals surface area contributed by atoms with Gasteiger partial charge in [-0.15, -0.1) is 0 Å². The van der Waals surface area contributed by atoms with E-state index in [9.17, 15) is 0 Å². The highest BCUT2D eigenvalue weighted by Crippen LogP contribution is 2.24. The van der Waals surface area contributed by atoms with Gasteiger partial charge in [0.25, 0.3) is 0 Å². The van der Waals surface area contributed by atoms with Gasteiger partial charge in [0.2, 0.25) is 5.88 Å². The van der Waals surface area contributed by atoms with Gasteiger partial charge in [0.05, 0.1) is 0 Å². The second kappa shape index (κ2) is 5.84. The molecule has 0 radical (unpaired) electrons. The molecule has 94 valence electrons. The molecule has 1 saturated carbocycles. The fraction of sp³-hybridized carbons (Fsp3) is 0.692. The lowest BCUT2D eigenvalue weighted by atomic mass is 10.3. The molecule has 17 heavy (non-hydrogen) atoms. The van der Waals surface area contributed by atoms with E-state index in [4.69, 9.17) is 4.74 Å². The molecule has 1 aromatic rings. The van der Waals surface area contributed by atoms with Gasteiger partial charge in [-0.05, 0) is 32.1 Å². The van der Waals surface area contributed by atoms with Crippen LogP contribution in [0.1, 0.15) is 44.9 Å². The van der Waals surface area contributed by atoms with Gasteiger partial charge in [0, 0.05) is 19.5 Å². The molecule has 0 saturated heterocycles. The maximum absolute atomic E-state index is 5.91. The Balaban J connectivity index is 2.10. The van der Waals surface area contributed by atoms with Gasteiger partial charge in [0.15, 0.2) is 0 Å². The van der Waals surface area contributed by atoms with Gasteiger partial charge in [-0.1, -0.05) is 6.92 Å². The number of ether oxygens (including phenoxy) is 1. The molecule has 0 atom stereocenters. The number of hydrogen-bond donors (Lipinski definition) is 1. The maximum atomic E-state index is 5.91. The Kier molecular flexibility index (Phi) is 4.18. The summed E-state index contributed by atoms with van der Waals surface area (Å²) in [7, 11) is 1.87. The molecule has 1 aromatic heterocycles. The predicted molar refractivity (Wildman–Crippen MR) is 68.5 cm³/mol. The van der Waals surface area contributed by atoms with Crippen molar-refractivity contribution in [3.8, 4) is 5.88 Å². The maximum Gasteiger partial charge on any atom is 0.218 e. The standard InChI is InChI=1S/C13H21N3O/c1-3-6-11-15-12(14-2)9-13(16-11)17-10-7-4-5-8-10/h9-10H,3-8H2,1-2H3,(H,14,15,16). The fourth-order valence-electron chi connectivity index (χ4n) is 2.17. The van der Waals surface area contributed by atoms with Gasteiger partial charge in [0.1, 0.15) is 17.7 Å². The zero-order valence-corrected chi connectivity index (χ0v) is 10.7. The summed E-state index contributed by atoms with van der Waals surface area (Å²) in [6, 6.07) is 1.89. The third-order valence-electron chi connectivity index (χ3n) is 3.07. The lowest BCUT2D eigenvalue weighted by Gasteiger charge is -2.13. The van der Waals surface area contributed by atoms with Crippen LogP contribution in [0.2, 0.25) is 0 Å². The monoisotopic (exact) mass is 235 g/mol. The Morgan fingerprint density at radius 1 is 1.35 bits per heavy atom. The zero-order chi connectivity index (χ0) is 12.1. The molecular weight excluding hydrogens is 214 g/mol. The van der Waals surface area contributed by atoms with Gasteiger partial charge < -0.3 is 10.1 Å². The number of aromatic nitrogens is 2. The topological polar surface area (TPSA) is 47.0 Å². The van der Waals surface area contributed by atoms with Crippen LogP contribution >= 0.6 is 0 Å². The van der Waals surface area contributed by atoms with E-state index in [1.165, 1.54) is 12.8 Å². The number of nitrogens with zero attached hydrogens (tertiary/aromatic N) is 2. The largest absolute Gasteiger partial charge is 0.474 e. The lowest BCUT2D eigenvalue weighted by molar-refractivity contribution is 0.200. The van der Waals surface area contributed by atoms with Crippen LogP contribution in [0, 0.1) is 0 Å². The second-order valence-electron chi connectivity index (χ2n) is 4.53. The number of hydrogen-bond acceptors (Lipinski definition) is 4. The van der Waals surface area contributed by atoms with Crippen LogP contribution in [0.5, 0.6) is 5.88 Å². The lowest BCUT2D eigenvalue weighted by Crippen LogP contribution is -2.13. The molecule has 0 amide bonds. The quantitative estimate of drug-likeness (QED) is 0.852. The van der Waals surface area contributed by atoms with Crippen LogP contribution in [0.3, 0.4) is 0 Å². The van der Waals surface area contributed by atoms with Crippen molar-refractivity contribution < 1.29 is 4.74 Å². The van der Waals surface area contributed by atoms with Gasteiger partial charge in [-0.3, -0.25) is 0 Å². The number of anilines is 1. The zero-order valence-electron chi connectivity index (χ0n) is 10.7. The van der Waals surface area contributed by atoms with Crippen LogP contribution in [0.4, 0.5) is 5.82 Å². The number of nitrogens with one attached hydrogen (secondary N) is 1. The summed E-state index contributed by atoms with van der Waals surface area (Å²) in [6.45, 7) is 2.13. The molecule has 0 aliphatic heterocycles. The molecule has 2 rings (SSSR count). The highest BCUT2D eigenvalue weighted by molar-refractivity contribution is 5.37. The van der Waals surface area contributed by atoms with Crippen molar-refractivity contribution in [2.75, 3.05) is 12.4 Å². The van der Waals surface area contributed by atoms with Crippen LogP contribution in [0.15, 0.2) is 6.07 Å². The van der Waals surface area contributed by atoms with Crippen molar-refractivity contribution in [3.63, 3.8) is 0 Å². The Bertz CT molecular complexity index is 362. The molecule has 4 heteroatoms. The van der Waals surface area contributed by atoms with Crippen molar-refractivity contribution in [2.24, 2.45) is 0 Å². The normalized spacial score (nSPS) is 16.1. The van der Waals surface area contributed by atoms with Crippen molar-refractivity contribution in [1.82, 2.24) is 9.97 Å². The van der Waals surface area contributed by atoms with Crippen molar-refractivity contribution in [1.29, 1.82) is 0 Å². The molecule has 1 heterocycles. The highest BCUT2D eigenvalue weighted by Gasteiger charge is 2.17. The molecule has 4 nitrogen and oxygen atoms in total. The molecule has 1 fully saturated rings. The summed E-state index contributed by atoms with van der Waals surface area (Å²) in [4.78, 5) is 8.88. The van der Waals surface area contributed by atoms with Gasteiger partial charge in [-0.25, -0.2) is 4.98 Å². The first-order valence-corrected chi connectivity index (χ1v) is 6.54. The molecule has 0 bridgehead atoms. The van der Waals surface area contributed by atoms with E-state index in [0.717, 1.165) is 43.2 Å². The fourth-order valence-corrected chi connectivity index (χ4v) is 2.17. The third kappa shape index (κ3) is 3.32. The van der Waals surface area contributed by atoms with Crippen LogP contribution in [0.25, 0.3) is 0 Å². The van der Waals surface area contributed by atoms with Crippen LogP contribution in [-0.4, -0.2) is 23.1 Å². The number of aryl methyl sites for hydroxylation is 1. The van der Waals surface area contributed by atoms with Crippen LogP contribution < -0.4 is 10.1 Å². The molecule has 1 N–H and O–H groups in total. The Morgan fingerprint density at radius 3 is 2.76 bits per heavy atom. The average Bonchev–Trinajstić information content (AvgIpc) is 2.82. The summed E-state index contributed by atoms with van der Waals surface area (Å²) in [5.74, 6) is 2.43. The average molecular weight is 235 g/mol. The molecule has 1 aliphatic rings. The van der Waals surface area contributed by atoms with E-state index in [2.05, 4.69) is 22.2 Å². The van der Waals surface area contributed by atoms with E-state index in [0.29, 0.717) is 6.10 Å². The Hall–Kier alpha value is -1.32. The van der Waals surface area contributed by atoms with Crippen molar-refractivity contribution in [3.05, 3.63) is 11.9 Å². The van der Waals surface area contributed by atoms with E-state index in [1.807, 2.05) is 13.1 Å². The van der Waals surface area contributed by atoms with Gasteiger partial charge in [-0.2, -0.15) is 4.98 Å². The SMILES string of the molecule is CCCc1nc(NC)cc(OC2CCCC2)n1. The first-order chi connectivity index (χ1) is 8.31. The Morgan fingerprint density at radius 2 is 2.12 bits per heavy atom. The van der Waals surface area contributed by atoms with Crippen molar-refractivity contribution >= 4 is 5.82 Å². The summed E-state index contributed by atoms with van der Waals surface area (Å²) >= 11 is 0. The summed E-state index contributed by atoms with van der Waals surface area (Å²) in [6.07, 6.45) is 7.16. The minimum absolute atomic E-state index is 0.351. The molecule has 0 unspecified atom stereocenters. The summed E-state index contributed by atoms with van der Waals surface area (Å²) in [5.41, 5.74) is 0. The van der Waals surface area contributed by atoms with Crippen LogP contribution in [-0.2, 0) is 6.42 Å². The molecular formula is C13H21N3O. The smallest absolute Gasteiger partial charge is 0.218 e. The first kappa shape index (κ1) is 12.1. The third-order valence-corrected chi connectivity index (χ3v) is 3.07. The second-order valence-corrected chi connectivity index (χ2v) is 4.53. The predicted octanol–water partition coefficient (Wildman–Crippen LogP) is 2.79. The number of rotatable bonds is 5. The highest BCUT2D eigenvalue weighted by atomic mass is 16.5. The van der Waals surface area contributed by atoms with Gasteiger partial charge >= 0.3 is 0 Å². The minimum atomic E-state index is 0.351. The van der Waals surface area contributed by atoms with Crippen molar-refractivity contribution in [2.45, 2.75) is 51.6 Å². The van der Waals surface area contributed by atoms with E-state index < -0.39 is 0 Å².